The van der Waals surface area contributed by atoms with Crippen LogP contribution in [0.15, 0.2) is 52.4 Å². The van der Waals surface area contributed by atoms with Crippen LogP contribution in [-0.4, -0.2) is 25.3 Å². The first-order valence-electron chi connectivity index (χ1n) is 8.14. The van der Waals surface area contributed by atoms with Gasteiger partial charge < -0.3 is 10.6 Å². The van der Waals surface area contributed by atoms with E-state index in [1.165, 1.54) is 27.1 Å². The quantitative estimate of drug-likeness (QED) is 0.834. The molecule has 1 aliphatic carbocycles. The van der Waals surface area contributed by atoms with Gasteiger partial charge in [0.2, 0.25) is 0 Å². The molecule has 1 heterocycles. The predicted molar refractivity (Wildman–Crippen MR) is 97.4 cm³/mol. The molecule has 0 saturated carbocycles. The van der Waals surface area contributed by atoms with E-state index in [2.05, 4.69) is 64.3 Å². The van der Waals surface area contributed by atoms with Crippen LogP contribution in [0.2, 0.25) is 0 Å². The zero-order valence-electron chi connectivity index (χ0n) is 13.3. The molecule has 2 aliphatic rings. The van der Waals surface area contributed by atoms with Crippen molar-refractivity contribution < 1.29 is 0 Å². The Morgan fingerprint density at radius 3 is 2.74 bits per heavy atom. The van der Waals surface area contributed by atoms with E-state index in [0.717, 1.165) is 31.9 Å². The first-order chi connectivity index (χ1) is 11.3. The molecule has 2 N–H and O–H groups in total. The van der Waals surface area contributed by atoms with Gasteiger partial charge in [-0.15, -0.1) is 11.8 Å². The molecule has 1 aliphatic heterocycles. The molecule has 3 nitrogen and oxygen atoms in total. The fourth-order valence-electron chi connectivity index (χ4n) is 3.47. The van der Waals surface area contributed by atoms with E-state index in [4.69, 9.17) is 0 Å². The molecule has 118 valence electrons. The first-order valence-corrected chi connectivity index (χ1v) is 9.37. The molecule has 1 atom stereocenters. The molecule has 2 aromatic carbocycles. The maximum absolute atomic E-state index is 4.53. The van der Waals surface area contributed by atoms with E-state index in [1.807, 2.05) is 11.8 Å². The van der Waals surface area contributed by atoms with Crippen molar-refractivity contribution in [1.29, 1.82) is 0 Å². The van der Waals surface area contributed by atoms with E-state index in [1.54, 1.807) is 0 Å². The maximum atomic E-state index is 4.53. The zero-order chi connectivity index (χ0) is 15.6. The summed E-state index contributed by atoms with van der Waals surface area (Å²) in [6.07, 6.45) is 4.33. The minimum absolute atomic E-state index is 0.170. The average molecular weight is 323 g/mol. The second-order valence-electron chi connectivity index (χ2n) is 6.00. The van der Waals surface area contributed by atoms with Crippen LogP contribution in [-0.2, 0) is 12.8 Å². The van der Waals surface area contributed by atoms with Crippen molar-refractivity contribution >= 4 is 17.7 Å². The maximum Gasteiger partial charge on any atom is 0.192 e. The number of thioether (sulfide) groups is 1. The highest BCUT2D eigenvalue weighted by Gasteiger charge is 2.25. The lowest BCUT2D eigenvalue weighted by molar-refractivity contribution is 0.738. The summed E-state index contributed by atoms with van der Waals surface area (Å²) in [6, 6.07) is 15.8. The Bertz CT molecular complexity index is 754. The smallest absolute Gasteiger partial charge is 0.192 e. The van der Waals surface area contributed by atoms with Crippen LogP contribution in [0.5, 0.6) is 0 Å². The van der Waals surface area contributed by atoms with Crippen molar-refractivity contribution in [2.45, 2.75) is 23.8 Å². The number of nitrogens with one attached hydrogen (secondary N) is 2. The van der Waals surface area contributed by atoms with Gasteiger partial charge in [0.1, 0.15) is 0 Å². The van der Waals surface area contributed by atoms with Crippen LogP contribution < -0.4 is 10.6 Å². The Morgan fingerprint density at radius 2 is 1.91 bits per heavy atom. The van der Waals surface area contributed by atoms with Gasteiger partial charge in [-0.2, -0.15) is 0 Å². The van der Waals surface area contributed by atoms with Crippen LogP contribution in [0.4, 0.5) is 0 Å². The second-order valence-corrected chi connectivity index (χ2v) is 6.88. The zero-order valence-corrected chi connectivity index (χ0v) is 14.1. The fourth-order valence-corrected chi connectivity index (χ4v) is 3.94. The first kappa shape index (κ1) is 14.6. The highest BCUT2D eigenvalue weighted by atomic mass is 32.2. The van der Waals surface area contributed by atoms with E-state index in [0.29, 0.717) is 0 Å². The number of fused-ring (bicyclic) bond motifs is 2. The molecule has 0 aromatic heterocycles. The number of hydrogen-bond acceptors (Lipinski definition) is 4. The standard InChI is InChI=1S/C19H21N3S/c1-23-15-8-9-17-14(12-15)7-6-13-4-2-3-5-16(13)18(17)22-19-20-10-11-21-19/h2-5,8-9,12,18H,6-7,10-11H2,1H3,(H2,20,21,22). The minimum atomic E-state index is 0.170. The monoisotopic (exact) mass is 323 g/mol. The molecule has 1 unspecified atom stereocenters. The summed E-state index contributed by atoms with van der Waals surface area (Å²) in [4.78, 5) is 5.87. The van der Waals surface area contributed by atoms with Gasteiger partial charge in [0.05, 0.1) is 12.6 Å². The summed E-state index contributed by atoms with van der Waals surface area (Å²) in [5.41, 5.74) is 5.64. The summed E-state index contributed by atoms with van der Waals surface area (Å²) in [5.74, 6) is 0.923. The van der Waals surface area contributed by atoms with Gasteiger partial charge in [-0.05, 0) is 53.5 Å². The van der Waals surface area contributed by atoms with Crippen molar-refractivity contribution in [2.75, 3.05) is 19.3 Å². The van der Waals surface area contributed by atoms with Gasteiger partial charge in [-0.3, -0.25) is 4.99 Å². The van der Waals surface area contributed by atoms with Crippen molar-refractivity contribution in [2.24, 2.45) is 4.99 Å². The number of aryl methyl sites for hydroxylation is 2. The van der Waals surface area contributed by atoms with Gasteiger partial charge in [0, 0.05) is 11.4 Å². The van der Waals surface area contributed by atoms with Gasteiger partial charge in [-0.1, -0.05) is 30.3 Å². The lowest BCUT2D eigenvalue weighted by Crippen LogP contribution is -2.37. The lowest BCUT2D eigenvalue weighted by Gasteiger charge is -2.23. The van der Waals surface area contributed by atoms with Crippen molar-refractivity contribution in [1.82, 2.24) is 10.6 Å². The Balaban J connectivity index is 1.80. The number of rotatable bonds is 2. The Hall–Kier alpha value is -1.94. The highest BCUT2D eigenvalue weighted by Crippen LogP contribution is 2.34. The molecular formula is C19H21N3S. The van der Waals surface area contributed by atoms with Gasteiger partial charge in [0.25, 0.3) is 0 Å². The Kier molecular flexibility index (Phi) is 4.00. The van der Waals surface area contributed by atoms with Crippen LogP contribution in [0.3, 0.4) is 0 Å². The molecule has 2 aromatic rings. The van der Waals surface area contributed by atoms with E-state index < -0.39 is 0 Å². The predicted octanol–water partition coefficient (Wildman–Crippen LogP) is 3.15. The average Bonchev–Trinajstić information content (AvgIpc) is 3.06. The van der Waals surface area contributed by atoms with Crippen LogP contribution in [0, 0.1) is 0 Å². The number of aliphatic imine (C=N–C) groups is 1. The molecule has 4 rings (SSSR count). The van der Waals surface area contributed by atoms with Gasteiger partial charge in [-0.25, -0.2) is 0 Å². The number of nitrogens with zero attached hydrogens (tertiary/aromatic N) is 1. The molecule has 0 spiro atoms. The third-order valence-electron chi connectivity index (χ3n) is 4.65. The molecule has 0 radical (unpaired) electrons. The fraction of sp³-hybridized carbons (Fsp3) is 0.316. The molecule has 23 heavy (non-hydrogen) atoms. The van der Waals surface area contributed by atoms with Crippen LogP contribution >= 0.6 is 11.8 Å². The number of hydrogen-bond donors (Lipinski definition) is 2. The summed E-state index contributed by atoms with van der Waals surface area (Å²) in [5, 5.41) is 6.98. The topological polar surface area (TPSA) is 36.4 Å². The Labute approximate surface area is 141 Å². The molecule has 4 heteroatoms. The van der Waals surface area contributed by atoms with Crippen LogP contribution in [0.25, 0.3) is 0 Å². The third kappa shape index (κ3) is 2.83. The van der Waals surface area contributed by atoms with E-state index >= 15 is 0 Å². The summed E-state index contributed by atoms with van der Waals surface area (Å²) < 4.78 is 0. The molecule has 0 fully saturated rings. The Morgan fingerprint density at radius 1 is 1.09 bits per heavy atom. The second kappa shape index (κ2) is 6.28. The van der Waals surface area contributed by atoms with Crippen molar-refractivity contribution in [3.63, 3.8) is 0 Å². The summed E-state index contributed by atoms with van der Waals surface area (Å²) >= 11 is 1.81. The molecule has 0 saturated heterocycles. The summed E-state index contributed by atoms with van der Waals surface area (Å²) in [6.45, 7) is 1.78. The van der Waals surface area contributed by atoms with E-state index in [-0.39, 0.29) is 6.04 Å². The SMILES string of the molecule is CSc1ccc2c(c1)CCc1ccccc1C2NC1=NCCN1. The third-order valence-corrected chi connectivity index (χ3v) is 5.37. The highest BCUT2D eigenvalue weighted by molar-refractivity contribution is 7.98. The van der Waals surface area contributed by atoms with Gasteiger partial charge in [0.15, 0.2) is 5.96 Å². The van der Waals surface area contributed by atoms with E-state index in [9.17, 15) is 0 Å². The normalized spacial score (nSPS) is 19.2. The van der Waals surface area contributed by atoms with Crippen molar-refractivity contribution in [3.8, 4) is 0 Å². The van der Waals surface area contributed by atoms with Crippen molar-refractivity contribution in [3.05, 3.63) is 64.7 Å². The van der Waals surface area contributed by atoms with Gasteiger partial charge >= 0.3 is 0 Å². The summed E-state index contributed by atoms with van der Waals surface area (Å²) in [7, 11) is 0. The van der Waals surface area contributed by atoms with Crippen LogP contribution in [0.1, 0.15) is 28.3 Å². The molecule has 0 amide bonds. The molecule has 0 bridgehead atoms. The molecular weight excluding hydrogens is 302 g/mol. The minimum Gasteiger partial charge on any atom is -0.355 e. The lowest BCUT2D eigenvalue weighted by atomic mass is 9.95. The number of guanidine groups is 1. The number of benzene rings is 2. The largest absolute Gasteiger partial charge is 0.355 e.